The van der Waals surface area contributed by atoms with Gasteiger partial charge >= 0.3 is 6.09 Å². The number of aryl methyl sites for hydroxylation is 2. The van der Waals surface area contributed by atoms with Gasteiger partial charge < -0.3 is 14.3 Å². The number of amides is 2. The highest BCUT2D eigenvalue weighted by atomic mass is 16.6. The number of carbonyl (C=O) groups excluding carboxylic acids is 3. The molecular formula is C31H35NO6. The Bertz CT molecular complexity index is 1280. The first kappa shape index (κ1) is 27.3. The molecule has 1 N–H and O–H groups in total. The molecule has 1 aliphatic heterocycles. The Morgan fingerprint density at radius 2 is 1.74 bits per heavy atom. The van der Waals surface area contributed by atoms with Crippen molar-refractivity contribution < 1.29 is 28.6 Å². The van der Waals surface area contributed by atoms with Crippen LogP contribution in [0.15, 0.2) is 65.1 Å². The molecule has 38 heavy (non-hydrogen) atoms. The van der Waals surface area contributed by atoms with Crippen molar-refractivity contribution in [2.45, 2.75) is 65.0 Å². The first-order valence-corrected chi connectivity index (χ1v) is 13.2. The molecule has 2 aromatic carbocycles. The van der Waals surface area contributed by atoms with Crippen LogP contribution in [0.5, 0.6) is 0 Å². The molecule has 0 bridgehead atoms. The molecule has 3 aromatic rings. The molecule has 4 rings (SSSR count). The lowest BCUT2D eigenvalue weighted by molar-refractivity contribution is -0.131. The largest absolute Gasteiger partial charge is 0.457 e. The summed E-state index contributed by atoms with van der Waals surface area (Å²) in [5.41, 5.74) is 3.65. The van der Waals surface area contributed by atoms with Gasteiger partial charge in [-0.1, -0.05) is 73.0 Å². The van der Waals surface area contributed by atoms with E-state index in [1.807, 2.05) is 61.5 Å². The molecule has 3 unspecified atom stereocenters. The van der Waals surface area contributed by atoms with E-state index in [-0.39, 0.29) is 12.4 Å². The highest BCUT2D eigenvalue weighted by Gasteiger charge is 2.46. The highest BCUT2D eigenvalue weighted by molar-refractivity contribution is 6.12. The number of rotatable bonds is 11. The van der Waals surface area contributed by atoms with Crippen LogP contribution in [0.1, 0.15) is 73.1 Å². The second-order valence-corrected chi connectivity index (χ2v) is 9.95. The maximum Gasteiger partial charge on any atom is 0.417 e. The number of ketones is 1. The fraction of sp³-hybridized carbons (Fsp3) is 0.387. The van der Waals surface area contributed by atoms with Gasteiger partial charge in [-0.15, -0.1) is 0 Å². The second kappa shape index (κ2) is 12.2. The first-order valence-electron chi connectivity index (χ1n) is 13.2. The lowest BCUT2D eigenvalue weighted by atomic mass is 9.98. The third-order valence-corrected chi connectivity index (χ3v) is 7.09. The summed E-state index contributed by atoms with van der Waals surface area (Å²) in [6.07, 6.45) is 2.76. The van der Waals surface area contributed by atoms with Crippen molar-refractivity contribution in [2.75, 3.05) is 6.61 Å². The molecule has 0 spiro atoms. The van der Waals surface area contributed by atoms with Crippen molar-refractivity contribution >= 4 is 17.8 Å². The van der Waals surface area contributed by atoms with Gasteiger partial charge in [0, 0.05) is 18.6 Å². The number of hydrogen-bond acceptors (Lipinski definition) is 6. The van der Waals surface area contributed by atoms with Gasteiger partial charge in [0.05, 0.1) is 6.04 Å². The maximum atomic E-state index is 13.5. The number of aliphatic hydroxyl groups is 1. The van der Waals surface area contributed by atoms with Crippen LogP contribution >= 0.6 is 0 Å². The monoisotopic (exact) mass is 517 g/mol. The Hall–Kier alpha value is -3.71. The van der Waals surface area contributed by atoms with E-state index in [1.54, 1.807) is 13.0 Å². The van der Waals surface area contributed by atoms with Gasteiger partial charge in [0.25, 0.3) is 0 Å². The summed E-state index contributed by atoms with van der Waals surface area (Å²) in [4.78, 5) is 40.6. The Morgan fingerprint density at radius 1 is 1.00 bits per heavy atom. The summed E-state index contributed by atoms with van der Waals surface area (Å²) >= 11 is 0. The SMILES string of the molecule is Cc1cccc(-c2cc(C(=O)C(C)C(=O)N3C(=O)OC(c4ccccc4)C3C)oc2CCCCCCO)c1. The van der Waals surface area contributed by atoms with Crippen molar-refractivity contribution in [2.24, 2.45) is 5.92 Å². The Labute approximate surface area is 223 Å². The maximum absolute atomic E-state index is 13.5. The fourth-order valence-corrected chi connectivity index (χ4v) is 4.92. The smallest absolute Gasteiger partial charge is 0.417 e. The number of ether oxygens (including phenoxy) is 1. The predicted octanol–water partition coefficient (Wildman–Crippen LogP) is 6.28. The van der Waals surface area contributed by atoms with Crippen LogP contribution in [0.3, 0.4) is 0 Å². The van der Waals surface area contributed by atoms with Gasteiger partial charge in [0.15, 0.2) is 5.76 Å². The van der Waals surface area contributed by atoms with Crippen molar-refractivity contribution in [3.63, 3.8) is 0 Å². The quantitative estimate of drug-likeness (QED) is 0.183. The molecule has 7 heteroatoms. The van der Waals surface area contributed by atoms with E-state index in [1.165, 1.54) is 6.92 Å². The zero-order valence-electron chi connectivity index (χ0n) is 22.2. The number of Topliss-reactive ketones (excluding diaryl/α,β-unsaturated/α-hetero) is 1. The van der Waals surface area contributed by atoms with Crippen LogP contribution in [0.25, 0.3) is 11.1 Å². The molecule has 0 aliphatic carbocycles. The van der Waals surface area contributed by atoms with E-state index in [0.29, 0.717) is 12.2 Å². The number of carbonyl (C=O) groups is 3. The normalized spacial score (nSPS) is 17.9. The van der Waals surface area contributed by atoms with E-state index < -0.39 is 35.8 Å². The summed E-state index contributed by atoms with van der Waals surface area (Å²) in [5, 5.41) is 9.03. The summed E-state index contributed by atoms with van der Waals surface area (Å²) in [6, 6.07) is 18.4. The number of benzene rings is 2. The zero-order valence-corrected chi connectivity index (χ0v) is 22.2. The van der Waals surface area contributed by atoms with Gasteiger partial charge in [0.2, 0.25) is 11.7 Å². The molecule has 1 aliphatic rings. The molecule has 1 fully saturated rings. The van der Waals surface area contributed by atoms with Crippen LogP contribution < -0.4 is 0 Å². The number of aliphatic hydroxyl groups excluding tert-OH is 1. The van der Waals surface area contributed by atoms with E-state index in [2.05, 4.69) is 0 Å². The standard InChI is InChI=1S/C31H35NO6/c1-20-12-11-15-24(18-20)25-19-27(37-26(25)16-9-4-5-10-17-33)28(34)21(2)30(35)32-22(3)29(38-31(32)36)23-13-7-6-8-14-23/h6-8,11-15,18-19,21-22,29,33H,4-5,9-10,16-17H2,1-3H3. The van der Waals surface area contributed by atoms with E-state index in [0.717, 1.165) is 52.8 Å². The molecule has 1 saturated heterocycles. The van der Waals surface area contributed by atoms with E-state index in [9.17, 15) is 14.4 Å². The van der Waals surface area contributed by atoms with Crippen LogP contribution in [0.4, 0.5) is 4.79 Å². The fourth-order valence-electron chi connectivity index (χ4n) is 4.92. The zero-order chi connectivity index (χ0) is 27.2. The minimum absolute atomic E-state index is 0.104. The first-order chi connectivity index (χ1) is 18.3. The lowest BCUT2D eigenvalue weighted by Crippen LogP contribution is -2.43. The number of furan rings is 1. The summed E-state index contributed by atoms with van der Waals surface area (Å²) in [6.45, 7) is 5.43. The van der Waals surface area contributed by atoms with E-state index >= 15 is 0 Å². The van der Waals surface area contributed by atoms with Crippen LogP contribution in [0, 0.1) is 12.8 Å². The average Bonchev–Trinajstić information content (AvgIpc) is 3.48. The number of unbranched alkanes of at least 4 members (excludes halogenated alkanes) is 3. The van der Waals surface area contributed by atoms with Gasteiger partial charge in [0.1, 0.15) is 17.8 Å². The molecule has 2 amide bonds. The van der Waals surface area contributed by atoms with Gasteiger partial charge in [-0.3, -0.25) is 9.59 Å². The molecule has 2 heterocycles. The molecule has 3 atom stereocenters. The third-order valence-electron chi connectivity index (χ3n) is 7.09. The summed E-state index contributed by atoms with van der Waals surface area (Å²) < 4.78 is 11.6. The molecule has 200 valence electrons. The number of imide groups is 1. The van der Waals surface area contributed by atoms with Crippen molar-refractivity contribution in [1.29, 1.82) is 0 Å². The van der Waals surface area contributed by atoms with Crippen molar-refractivity contribution in [1.82, 2.24) is 4.90 Å². The minimum atomic E-state index is -1.12. The molecule has 1 aromatic heterocycles. The lowest BCUT2D eigenvalue weighted by Gasteiger charge is -2.21. The number of hydrogen-bond donors (Lipinski definition) is 1. The summed E-state index contributed by atoms with van der Waals surface area (Å²) in [5.74, 6) is -1.40. The third kappa shape index (κ3) is 5.89. The Morgan fingerprint density at radius 3 is 2.45 bits per heavy atom. The Balaban J connectivity index is 1.54. The second-order valence-electron chi connectivity index (χ2n) is 9.95. The molecule has 0 saturated carbocycles. The van der Waals surface area contributed by atoms with E-state index in [4.69, 9.17) is 14.3 Å². The molecule has 7 nitrogen and oxygen atoms in total. The molecular weight excluding hydrogens is 482 g/mol. The van der Waals surface area contributed by atoms with Crippen molar-refractivity contribution in [3.8, 4) is 11.1 Å². The summed E-state index contributed by atoms with van der Waals surface area (Å²) in [7, 11) is 0. The Kier molecular flexibility index (Phi) is 8.79. The minimum Gasteiger partial charge on any atom is -0.457 e. The number of nitrogens with zero attached hydrogens (tertiary/aromatic N) is 1. The predicted molar refractivity (Wildman–Crippen MR) is 144 cm³/mol. The average molecular weight is 518 g/mol. The number of cyclic esters (lactones) is 1. The van der Waals surface area contributed by atoms with Crippen molar-refractivity contribution in [3.05, 3.63) is 83.3 Å². The topological polar surface area (TPSA) is 97.1 Å². The van der Waals surface area contributed by atoms with Gasteiger partial charge in [-0.05, 0) is 50.8 Å². The van der Waals surface area contributed by atoms with Crippen LogP contribution in [0.2, 0.25) is 0 Å². The van der Waals surface area contributed by atoms with Crippen LogP contribution in [-0.2, 0) is 16.0 Å². The van der Waals surface area contributed by atoms with Gasteiger partial charge in [-0.25, -0.2) is 9.69 Å². The highest BCUT2D eigenvalue weighted by Crippen LogP contribution is 2.35. The van der Waals surface area contributed by atoms with Gasteiger partial charge in [-0.2, -0.15) is 0 Å². The molecule has 0 radical (unpaired) electrons. The van der Waals surface area contributed by atoms with Crippen LogP contribution in [-0.4, -0.2) is 40.4 Å².